The molecule has 2 aliphatic heterocycles. The van der Waals surface area contributed by atoms with Gasteiger partial charge in [-0.2, -0.15) is 0 Å². The average Bonchev–Trinajstić information content (AvgIpc) is 2.68. The van der Waals surface area contributed by atoms with E-state index in [1.165, 1.54) is 12.8 Å². The molecule has 2 bridgehead atoms. The van der Waals surface area contributed by atoms with Crippen LogP contribution >= 0.6 is 0 Å². The minimum Gasteiger partial charge on any atom is -0.311 e. The molecule has 84 valence electrons. The smallest absolute Gasteiger partial charge is 0.166 e. The molecule has 2 fully saturated rings. The van der Waals surface area contributed by atoms with Gasteiger partial charge in [0.05, 0.1) is 0 Å². The second kappa shape index (κ2) is 4.02. The van der Waals surface area contributed by atoms with Crippen LogP contribution in [-0.4, -0.2) is 17.9 Å². The average molecular weight is 215 g/mol. The van der Waals surface area contributed by atoms with Gasteiger partial charge in [-0.3, -0.25) is 4.79 Å². The number of nitrogens with one attached hydrogen (secondary N) is 1. The van der Waals surface area contributed by atoms with E-state index in [0.29, 0.717) is 17.9 Å². The number of piperidine rings is 1. The number of carbonyl (C=O) groups excluding carboxylic acids is 1. The normalized spacial score (nSPS) is 32.6. The van der Waals surface area contributed by atoms with E-state index in [9.17, 15) is 4.79 Å². The third-order valence-electron chi connectivity index (χ3n) is 3.90. The van der Waals surface area contributed by atoms with Crippen molar-refractivity contribution < 1.29 is 4.79 Å². The lowest BCUT2D eigenvalue weighted by atomic mass is 9.86. The Labute approximate surface area is 96.1 Å². The Hall–Kier alpha value is -1.15. The highest BCUT2D eigenvalue weighted by Crippen LogP contribution is 2.32. The zero-order valence-electron chi connectivity index (χ0n) is 9.36. The summed E-state index contributed by atoms with van der Waals surface area (Å²) in [4.78, 5) is 12.3. The molecule has 0 spiro atoms. The van der Waals surface area contributed by atoms with E-state index < -0.39 is 0 Å². The number of Topliss-reactive ketones (excluding diaryl/α,β-unsaturated/α-hetero) is 1. The summed E-state index contributed by atoms with van der Waals surface area (Å²) < 4.78 is 0. The lowest BCUT2D eigenvalue weighted by molar-refractivity contribution is 0.0875. The Morgan fingerprint density at radius 2 is 1.69 bits per heavy atom. The van der Waals surface area contributed by atoms with Crippen molar-refractivity contribution in [1.29, 1.82) is 0 Å². The van der Waals surface area contributed by atoms with Crippen molar-refractivity contribution in [3.05, 3.63) is 35.9 Å². The molecule has 0 radical (unpaired) electrons. The molecule has 1 aromatic rings. The van der Waals surface area contributed by atoms with Crippen LogP contribution in [-0.2, 0) is 0 Å². The van der Waals surface area contributed by atoms with Crippen molar-refractivity contribution in [1.82, 2.24) is 5.32 Å². The number of carbonyl (C=O) groups is 1. The van der Waals surface area contributed by atoms with Gasteiger partial charge in [0.1, 0.15) is 0 Å². The second-order valence-electron chi connectivity index (χ2n) is 5.04. The predicted molar refractivity (Wildman–Crippen MR) is 63.4 cm³/mol. The predicted octanol–water partition coefficient (Wildman–Crippen LogP) is 2.40. The van der Waals surface area contributed by atoms with E-state index in [2.05, 4.69) is 5.32 Å². The molecule has 2 aliphatic rings. The number of fused-ring (bicyclic) bond motifs is 2. The van der Waals surface area contributed by atoms with E-state index in [-0.39, 0.29) is 5.92 Å². The summed E-state index contributed by atoms with van der Waals surface area (Å²) >= 11 is 0. The van der Waals surface area contributed by atoms with E-state index >= 15 is 0 Å². The Kier molecular flexibility index (Phi) is 2.52. The molecule has 2 nitrogen and oxygen atoms in total. The van der Waals surface area contributed by atoms with Gasteiger partial charge in [0.2, 0.25) is 0 Å². The van der Waals surface area contributed by atoms with Gasteiger partial charge in [-0.15, -0.1) is 0 Å². The van der Waals surface area contributed by atoms with E-state index in [0.717, 1.165) is 18.4 Å². The molecule has 0 amide bonds. The first kappa shape index (κ1) is 10.0. The van der Waals surface area contributed by atoms with Gasteiger partial charge in [0, 0.05) is 23.6 Å². The van der Waals surface area contributed by atoms with Crippen molar-refractivity contribution in [2.24, 2.45) is 5.92 Å². The summed E-state index contributed by atoms with van der Waals surface area (Å²) in [7, 11) is 0. The molecule has 0 saturated carbocycles. The maximum atomic E-state index is 12.3. The van der Waals surface area contributed by atoms with Crippen molar-refractivity contribution in [3.8, 4) is 0 Å². The van der Waals surface area contributed by atoms with E-state index in [1.54, 1.807) is 0 Å². The van der Waals surface area contributed by atoms with Gasteiger partial charge < -0.3 is 5.32 Å². The third-order valence-corrected chi connectivity index (χ3v) is 3.90. The number of ketones is 1. The van der Waals surface area contributed by atoms with Crippen LogP contribution in [0.15, 0.2) is 30.3 Å². The molecule has 3 rings (SSSR count). The van der Waals surface area contributed by atoms with Crippen molar-refractivity contribution in [2.45, 2.75) is 37.8 Å². The van der Waals surface area contributed by atoms with Crippen LogP contribution in [0, 0.1) is 5.92 Å². The highest BCUT2D eigenvalue weighted by molar-refractivity contribution is 5.97. The van der Waals surface area contributed by atoms with Crippen molar-refractivity contribution in [2.75, 3.05) is 0 Å². The number of hydrogen-bond acceptors (Lipinski definition) is 2. The second-order valence-corrected chi connectivity index (χ2v) is 5.04. The van der Waals surface area contributed by atoms with Gasteiger partial charge >= 0.3 is 0 Å². The third kappa shape index (κ3) is 1.78. The summed E-state index contributed by atoms with van der Waals surface area (Å²) in [5.74, 6) is 0.597. The topological polar surface area (TPSA) is 29.1 Å². The fourth-order valence-electron chi connectivity index (χ4n) is 3.11. The van der Waals surface area contributed by atoms with Gasteiger partial charge in [-0.05, 0) is 25.7 Å². The highest BCUT2D eigenvalue weighted by atomic mass is 16.1. The van der Waals surface area contributed by atoms with Crippen molar-refractivity contribution in [3.63, 3.8) is 0 Å². The van der Waals surface area contributed by atoms with Gasteiger partial charge in [0.15, 0.2) is 5.78 Å². The lowest BCUT2D eigenvalue weighted by Gasteiger charge is -2.28. The summed E-state index contributed by atoms with van der Waals surface area (Å²) in [6.07, 6.45) is 4.57. The molecular formula is C14H17NO. The van der Waals surface area contributed by atoms with Crippen LogP contribution < -0.4 is 5.32 Å². The van der Waals surface area contributed by atoms with Crippen LogP contribution in [0.1, 0.15) is 36.0 Å². The van der Waals surface area contributed by atoms with Crippen LogP contribution in [0.3, 0.4) is 0 Å². The molecule has 0 aromatic heterocycles. The molecule has 2 heteroatoms. The SMILES string of the molecule is O=C(c1ccccc1)C1C[C@H]2CC[C@@H](C1)N2. The maximum absolute atomic E-state index is 12.3. The highest BCUT2D eigenvalue weighted by Gasteiger charge is 2.36. The minimum atomic E-state index is 0.251. The zero-order valence-corrected chi connectivity index (χ0v) is 9.36. The Morgan fingerprint density at radius 3 is 2.31 bits per heavy atom. The number of hydrogen-bond donors (Lipinski definition) is 1. The summed E-state index contributed by atoms with van der Waals surface area (Å²) in [6, 6.07) is 10.9. The first-order chi connectivity index (χ1) is 7.83. The first-order valence-electron chi connectivity index (χ1n) is 6.18. The molecule has 2 heterocycles. The first-order valence-corrected chi connectivity index (χ1v) is 6.18. The van der Waals surface area contributed by atoms with Crippen LogP contribution in [0.25, 0.3) is 0 Å². The van der Waals surface area contributed by atoms with Crippen molar-refractivity contribution >= 4 is 5.78 Å². The summed E-state index contributed by atoms with van der Waals surface area (Å²) in [5.41, 5.74) is 0.883. The Bertz CT molecular complexity index is 375. The fraction of sp³-hybridized carbons (Fsp3) is 0.500. The molecule has 1 N–H and O–H groups in total. The molecule has 1 unspecified atom stereocenters. The van der Waals surface area contributed by atoms with Crippen LogP contribution in [0.2, 0.25) is 0 Å². The standard InChI is InChI=1S/C14H17NO/c16-14(10-4-2-1-3-5-10)11-8-12-6-7-13(9-11)15-12/h1-5,11-13,15H,6-9H2/t11?,12-,13+. The summed E-state index contributed by atoms with van der Waals surface area (Å²) in [6.45, 7) is 0. The molecule has 0 aliphatic carbocycles. The van der Waals surface area contributed by atoms with E-state index in [1.807, 2.05) is 30.3 Å². The van der Waals surface area contributed by atoms with Crippen LogP contribution in [0.5, 0.6) is 0 Å². The van der Waals surface area contributed by atoms with Gasteiger partial charge in [-0.1, -0.05) is 30.3 Å². The molecule has 1 aromatic carbocycles. The lowest BCUT2D eigenvalue weighted by Crippen LogP contribution is -2.40. The fourth-order valence-corrected chi connectivity index (χ4v) is 3.11. The molecule has 2 saturated heterocycles. The molecule has 16 heavy (non-hydrogen) atoms. The minimum absolute atomic E-state index is 0.251. The quantitative estimate of drug-likeness (QED) is 0.767. The number of benzene rings is 1. The number of rotatable bonds is 2. The van der Waals surface area contributed by atoms with Gasteiger partial charge in [-0.25, -0.2) is 0 Å². The maximum Gasteiger partial charge on any atom is 0.166 e. The Morgan fingerprint density at radius 1 is 1.06 bits per heavy atom. The molecule has 3 atom stereocenters. The Balaban J connectivity index is 1.76. The van der Waals surface area contributed by atoms with Crippen LogP contribution in [0.4, 0.5) is 0 Å². The zero-order chi connectivity index (χ0) is 11.0. The summed E-state index contributed by atoms with van der Waals surface area (Å²) in [5, 5.41) is 3.57. The largest absolute Gasteiger partial charge is 0.311 e. The van der Waals surface area contributed by atoms with Gasteiger partial charge in [0.25, 0.3) is 0 Å². The molecular weight excluding hydrogens is 198 g/mol. The van der Waals surface area contributed by atoms with E-state index in [4.69, 9.17) is 0 Å². The monoisotopic (exact) mass is 215 g/mol.